The third-order valence-corrected chi connectivity index (χ3v) is 2.80. The van der Waals surface area contributed by atoms with Crippen molar-refractivity contribution < 1.29 is 14.4 Å². The van der Waals surface area contributed by atoms with Crippen molar-refractivity contribution in [1.82, 2.24) is 10.1 Å². The molecule has 102 valence electrons. The molecule has 2 aromatic rings. The van der Waals surface area contributed by atoms with Crippen LogP contribution in [0.4, 0.5) is 0 Å². The molecule has 6 nitrogen and oxygen atoms in total. The number of phenols is 1. The van der Waals surface area contributed by atoms with Crippen LogP contribution in [0, 0.1) is 0 Å². The summed E-state index contributed by atoms with van der Waals surface area (Å²) in [5, 5.41) is 13.4. The van der Waals surface area contributed by atoms with E-state index in [4.69, 9.17) is 15.0 Å². The number of aromatic hydroxyl groups is 1. The van der Waals surface area contributed by atoms with Crippen LogP contribution in [0.1, 0.15) is 31.7 Å². The van der Waals surface area contributed by atoms with Crippen LogP contribution in [0.2, 0.25) is 0 Å². The van der Waals surface area contributed by atoms with Crippen LogP contribution < -0.4 is 10.5 Å². The van der Waals surface area contributed by atoms with Gasteiger partial charge in [-0.2, -0.15) is 4.98 Å². The molecule has 0 aliphatic carbocycles. The Kier molecular flexibility index (Phi) is 4.01. The summed E-state index contributed by atoms with van der Waals surface area (Å²) >= 11 is 0. The van der Waals surface area contributed by atoms with Gasteiger partial charge in [0.2, 0.25) is 11.7 Å². The van der Waals surface area contributed by atoms with Gasteiger partial charge in [0, 0.05) is 5.56 Å². The van der Waals surface area contributed by atoms with Crippen molar-refractivity contribution in [2.24, 2.45) is 5.73 Å². The maximum absolute atomic E-state index is 9.54. The second-order valence-corrected chi connectivity index (χ2v) is 4.24. The monoisotopic (exact) mass is 263 g/mol. The number of aromatic nitrogens is 2. The summed E-state index contributed by atoms with van der Waals surface area (Å²) in [6.07, 6.45) is 1.74. The molecule has 1 heterocycles. The summed E-state index contributed by atoms with van der Waals surface area (Å²) in [7, 11) is 1.48. The van der Waals surface area contributed by atoms with Crippen molar-refractivity contribution in [3.63, 3.8) is 0 Å². The van der Waals surface area contributed by atoms with Gasteiger partial charge in [-0.3, -0.25) is 0 Å². The Morgan fingerprint density at radius 2 is 2.26 bits per heavy atom. The van der Waals surface area contributed by atoms with E-state index in [0.717, 1.165) is 12.8 Å². The maximum atomic E-state index is 9.54. The van der Waals surface area contributed by atoms with Gasteiger partial charge in [-0.05, 0) is 24.6 Å². The highest BCUT2D eigenvalue weighted by atomic mass is 16.5. The van der Waals surface area contributed by atoms with E-state index < -0.39 is 0 Å². The van der Waals surface area contributed by atoms with E-state index in [-0.39, 0.29) is 11.8 Å². The lowest BCUT2D eigenvalue weighted by molar-refractivity contribution is 0.348. The first-order chi connectivity index (χ1) is 9.15. The van der Waals surface area contributed by atoms with Crippen LogP contribution in [0.5, 0.6) is 11.5 Å². The smallest absolute Gasteiger partial charge is 0.243 e. The number of benzene rings is 1. The van der Waals surface area contributed by atoms with E-state index in [2.05, 4.69) is 10.1 Å². The lowest BCUT2D eigenvalue weighted by atomic mass is 10.1. The standard InChI is InChI=1S/C13H17N3O3/c1-3-4-9(14)13-15-12(16-19-13)8-5-6-10(17)11(7-8)18-2/h5-7,9,17H,3-4,14H2,1-2H3/t9-/m1/s1. The largest absolute Gasteiger partial charge is 0.504 e. The van der Waals surface area contributed by atoms with Crippen LogP contribution >= 0.6 is 0 Å². The number of nitrogens with zero attached hydrogens (tertiary/aromatic N) is 2. The molecule has 0 unspecified atom stereocenters. The Balaban J connectivity index is 2.27. The fourth-order valence-corrected chi connectivity index (χ4v) is 1.75. The van der Waals surface area contributed by atoms with Gasteiger partial charge in [-0.15, -0.1) is 0 Å². The molecule has 0 aliphatic rings. The number of methoxy groups -OCH3 is 1. The van der Waals surface area contributed by atoms with Crippen molar-refractivity contribution in [3.8, 4) is 22.9 Å². The van der Waals surface area contributed by atoms with Crippen molar-refractivity contribution in [1.29, 1.82) is 0 Å². The molecule has 0 spiro atoms. The fourth-order valence-electron chi connectivity index (χ4n) is 1.75. The van der Waals surface area contributed by atoms with E-state index in [1.165, 1.54) is 13.2 Å². The second-order valence-electron chi connectivity index (χ2n) is 4.24. The van der Waals surface area contributed by atoms with Gasteiger partial charge in [0.1, 0.15) is 0 Å². The molecule has 3 N–H and O–H groups in total. The molecular weight excluding hydrogens is 246 g/mol. The quantitative estimate of drug-likeness (QED) is 0.859. The summed E-state index contributed by atoms with van der Waals surface area (Å²) in [6, 6.07) is 4.62. The van der Waals surface area contributed by atoms with E-state index >= 15 is 0 Å². The van der Waals surface area contributed by atoms with Crippen molar-refractivity contribution >= 4 is 0 Å². The lowest BCUT2D eigenvalue weighted by Gasteiger charge is -2.04. The molecule has 1 aromatic heterocycles. The van der Waals surface area contributed by atoms with E-state index in [9.17, 15) is 5.11 Å². The van der Waals surface area contributed by atoms with Gasteiger partial charge in [0.05, 0.1) is 13.2 Å². The average Bonchev–Trinajstić information content (AvgIpc) is 2.89. The Morgan fingerprint density at radius 3 is 2.95 bits per heavy atom. The second kappa shape index (κ2) is 5.71. The van der Waals surface area contributed by atoms with Crippen LogP contribution in [0.15, 0.2) is 22.7 Å². The van der Waals surface area contributed by atoms with Crippen LogP contribution in [-0.2, 0) is 0 Å². The summed E-state index contributed by atoms with van der Waals surface area (Å²) < 4.78 is 10.2. The Bertz CT molecular complexity index is 554. The van der Waals surface area contributed by atoms with Gasteiger partial charge < -0.3 is 20.1 Å². The number of hydrogen-bond acceptors (Lipinski definition) is 6. The third-order valence-electron chi connectivity index (χ3n) is 2.80. The Hall–Kier alpha value is -2.08. The van der Waals surface area contributed by atoms with Crippen molar-refractivity contribution in [2.45, 2.75) is 25.8 Å². The van der Waals surface area contributed by atoms with Gasteiger partial charge in [0.25, 0.3) is 0 Å². The molecule has 0 bridgehead atoms. The van der Waals surface area contributed by atoms with Gasteiger partial charge in [-0.1, -0.05) is 18.5 Å². The van der Waals surface area contributed by atoms with Crippen molar-refractivity contribution in [2.75, 3.05) is 7.11 Å². The zero-order chi connectivity index (χ0) is 13.8. The molecule has 0 fully saturated rings. The highest BCUT2D eigenvalue weighted by Crippen LogP contribution is 2.30. The number of phenolic OH excluding ortho intramolecular Hbond substituents is 1. The predicted molar refractivity (Wildman–Crippen MR) is 69.8 cm³/mol. The first kappa shape index (κ1) is 13.4. The van der Waals surface area contributed by atoms with Gasteiger partial charge >= 0.3 is 0 Å². The topological polar surface area (TPSA) is 94.4 Å². The molecule has 0 saturated heterocycles. The minimum atomic E-state index is -0.245. The number of nitrogens with two attached hydrogens (primary N) is 1. The summed E-state index contributed by atoms with van der Waals surface area (Å²) in [4.78, 5) is 4.26. The normalized spacial score (nSPS) is 12.4. The summed E-state index contributed by atoms with van der Waals surface area (Å²) in [5.41, 5.74) is 6.62. The Labute approximate surface area is 111 Å². The number of hydrogen-bond donors (Lipinski definition) is 2. The Morgan fingerprint density at radius 1 is 1.47 bits per heavy atom. The van der Waals surface area contributed by atoms with E-state index in [1.807, 2.05) is 6.92 Å². The fraction of sp³-hybridized carbons (Fsp3) is 0.385. The average molecular weight is 263 g/mol. The minimum absolute atomic E-state index is 0.0673. The SMILES string of the molecule is CCC[C@@H](N)c1nc(-c2ccc(O)c(OC)c2)no1. The summed E-state index contributed by atoms with van der Waals surface area (Å²) in [6.45, 7) is 2.04. The molecule has 6 heteroatoms. The first-order valence-corrected chi connectivity index (χ1v) is 6.12. The molecule has 1 atom stereocenters. The maximum Gasteiger partial charge on any atom is 0.243 e. The minimum Gasteiger partial charge on any atom is -0.504 e. The zero-order valence-corrected chi connectivity index (χ0v) is 11.0. The van der Waals surface area contributed by atoms with Crippen LogP contribution in [0.3, 0.4) is 0 Å². The first-order valence-electron chi connectivity index (χ1n) is 6.12. The summed E-state index contributed by atoms with van der Waals surface area (Å²) in [5.74, 6) is 1.28. The molecule has 2 rings (SSSR count). The van der Waals surface area contributed by atoms with Gasteiger partial charge in [-0.25, -0.2) is 0 Å². The van der Waals surface area contributed by atoms with Gasteiger partial charge in [0.15, 0.2) is 11.5 Å². The zero-order valence-electron chi connectivity index (χ0n) is 11.0. The van der Waals surface area contributed by atoms with Crippen LogP contribution in [0.25, 0.3) is 11.4 Å². The number of rotatable bonds is 5. The van der Waals surface area contributed by atoms with Crippen LogP contribution in [-0.4, -0.2) is 22.4 Å². The van der Waals surface area contributed by atoms with E-state index in [1.54, 1.807) is 12.1 Å². The molecule has 0 saturated carbocycles. The molecule has 0 aliphatic heterocycles. The third kappa shape index (κ3) is 2.85. The molecule has 1 aromatic carbocycles. The van der Waals surface area contributed by atoms with E-state index in [0.29, 0.717) is 23.0 Å². The highest BCUT2D eigenvalue weighted by Gasteiger charge is 2.15. The molecular formula is C13H17N3O3. The lowest BCUT2D eigenvalue weighted by Crippen LogP contribution is -2.09. The van der Waals surface area contributed by atoms with Crippen molar-refractivity contribution in [3.05, 3.63) is 24.1 Å². The molecule has 0 radical (unpaired) electrons. The predicted octanol–water partition coefficient (Wildman–Crippen LogP) is 2.25. The molecule has 0 amide bonds. The highest BCUT2D eigenvalue weighted by molar-refractivity contribution is 5.60. The number of ether oxygens (including phenoxy) is 1. The molecule has 19 heavy (non-hydrogen) atoms.